The lowest BCUT2D eigenvalue weighted by molar-refractivity contribution is 0.581. The number of hydrogen-bond donors (Lipinski definition) is 2. The molecular formula is C7H14N4O2S. The number of nitrogens with zero attached hydrogens (tertiary/aromatic N) is 2. The molecule has 0 saturated heterocycles. The van der Waals surface area contributed by atoms with E-state index in [2.05, 4.69) is 9.82 Å². The summed E-state index contributed by atoms with van der Waals surface area (Å²) in [6.45, 7) is 2.21. The monoisotopic (exact) mass is 218 g/mol. The van der Waals surface area contributed by atoms with Crippen LogP contribution in [0.15, 0.2) is 11.1 Å². The van der Waals surface area contributed by atoms with Gasteiger partial charge in [0.1, 0.15) is 4.90 Å². The van der Waals surface area contributed by atoms with Crippen LogP contribution in [-0.4, -0.2) is 31.3 Å². The summed E-state index contributed by atoms with van der Waals surface area (Å²) >= 11 is 0. The summed E-state index contributed by atoms with van der Waals surface area (Å²) in [6, 6.07) is 0. The number of nitrogens with two attached hydrogens (primary N) is 1. The number of aryl methyl sites for hydroxylation is 1. The van der Waals surface area contributed by atoms with Crippen molar-refractivity contribution < 1.29 is 8.42 Å². The highest BCUT2D eigenvalue weighted by molar-refractivity contribution is 7.89. The largest absolute Gasteiger partial charge is 0.329 e. The highest BCUT2D eigenvalue weighted by atomic mass is 32.2. The van der Waals surface area contributed by atoms with Crippen LogP contribution in [0.4, 0.5) is 0 Å². The molecule has 0 aliphatic rings. The molecule has 80 valence electrons. The summed E-state index contributed by atoms with van der Waals surface area (Å²) in [6.07, 6.45) is 1.33. The molecule has 0 aliphatic carbocycles. The summed E-state index contributed by atoms with van der Waals surface area (Å²) in [5.41, 5.74) is 5.82. The van der Waals surface area contributed by atoms with Crippen LogP contribution < -0.4 is 10.5 Å². The Bertz CT molecular complexity index is 409. The van der Waals surface area contributed by atoms with Gasteiger partial charge in [-0.2, -0.15) is 5.10 Å². The smallest absolute Gasteiger partial charge is 0.244 e. The number of rotatable bonds is 4. The molecule has 0 spiro atoms. The second kappa shape index (κ2) is 4.07. The molecule has 0 saturated carbocycles. The minimum atomic E-state index is -3.45. The van der Waals surface area contributed by atoms with Crippen molar-refractivity contribution in [3.8, 4) is 0 Å². The first-order valence-electron chi connectivity index (χ1n) is 4.17. The normalized spacial score (nSPS) is 11.9. The van der Waals surface area contributed by atoms with Gasteiger partial charge in [-0.25, -0.2) is 13.1 Å². The van der Waals surface area contributed by atoms with Gasteiger partial charge < -0.3 is 5.73 Å². The summed E-state index contributed by atoms with van der Waals surface area (Å²) < 4.78 is 27.1. The molecule has 0 unspecified atom stereocenters. The molecule has 0 aromatic carbocycles. The number of sulfonamides is 1. The maximum absolute atomic E-state index is 11.6. The molecular weight excluding hydrogens is 204 g/mol. The number of aromatic nitrogens is 2. The van der Waals surface area contributed by atoms with Gasteiger partial charge in [0.2, 0.25) is 10.0 Å². The van der Waals surface area contributed by atoms with Crippen molar-refractivity contribution in [2.24, 2.45) is 12.8 Å². The molecule has 0 amide bonds. The molecule has 0 aliphatic heterocycles. The van der Waals surface area contributed by atoms with E-state index in [1.54, 1.807) is 14.0 Å². The van der Waals surface area contributed by atoms with Gasteiger partial charge in [-0.15, -0.1) is 0 Å². The van der Waals surface area contributed by atoms with Crippen molar-refractivity contribution >= 4 is 10.0 Å². The van der Waals surface area contributed by atoms with E-state index in [-0.39, 0.29) is 18.0 Å². The van der Waals surface area contributed by atoms with Crippen molar-refractivity contribution in [2.45, 2.75) is 11.8 Å². The fourth-order valence-electron chi connectivity index (χ4n) is 1.01. The molecule has 7 heteroatoms. The highest BCUT2D eigenvalue weighted by Gasteiger charge is 2.18. The molecule has 1 rings (SSSR count). The van der Waals surface area contributed by atoms with Crippen LogP contribution in [0, 0.1) is 6.92 Å². The molecule has 6 nitrogen and oxygen atoms in total. The van der Waals surface area contributed by atoms with E-state index >= 15 is 0 Å². The average Bonchev–Trinajstić information content (AvgIpc) is 2.45. The minimum Gasteiger partial charge on any atom is -0.329 e. The Morgan fingerprint density at radius 1 is 1.64 bits per heavy atom. The van der Waals surface area contributed by atoms with E-state index in [0.29, 0.717) is 5.69 Å². The average molecular weight is 218 g/mol. The van der Waals surface area contributed by atoms with Crippen LogP contribution in [0.3, 0.4) is 0 Å². The lowest BCUT2D eigenvalue weighted by Gasteiger charge is -2.04. The van der Waals surface area contributed by atoms with Gasteiger partial charge in [0.25, 0.3) is 0 Å². The third kappa shape index (κ3) is 2.11. The predicted octanol–water partition coefficient (Wildman–Crippen LogP) is -1.03. The number of hydrogen-bond acceptors (Lipinski definition) is 4. The molecule has 0 atom stereocenters. The topological polar surface area (TPSA) is 90.0 Å². The van der Waals surface area contributed by atoms with Crippen molar-refractivity contribution in [3.63, 3.8) is 0 Å². The fraction of sp³-hybridized carbons (Fsp3) is 0.571. The lowest BCUT2D eigenvalue weighted by Crippen LogP contribution is -2.29. The zero-order valence-electron chi connectivity index (χ0n) is 8.19. The Labute approximate surface area is 83.1 Å². The fourth-order valence-corrected chi connectivity index (χ4v) is 2.26. The summed E-state index contributed by atoms with van der Waals surface area (Å²) in [5, 5.41) is 3.86. The lowest BCUT2D eigenvalue weighted by atomic mass is 10.5. The summed E-state index contributed by atoms with van der Waals surface area (Å²) in [7, 11) is -1.75. The third-order valence-electron chi connectivity index (χ3n) is 1.92. The van der Waals surface area contributed by atoms with Gasteiger partial charge >= 0.3 is 0 Å². The Hall–Kier alpha value is -0.920. The molecule has 1 heterocycles. The van der Waals surface area contributed by atoms with Gasteiger partial charge in [-0.1, -0.05) is 0 Å². The number of nitrogens with one attached hydrogen (secondary N) is 1. The quantitative estimate of drug-likeness (QED) is 0.676. The zero-order chi connectivity index (χ0) is 10.8. The molecule has 3 N–H and O–H groups in total. The van der Waals surface area contributed by atoms with Crippen LogP contribution in [-0.2, 0) is 17.1 Å². The maximum atomic E-state index is 11.6. The van der Waals surface area contributed by atoms with Crippen LogP contribution in [0.25, 0.3) is 0 Å². The van der Waals surface area contributed by atoms with Crippen molar-refractivity contribution in [1.29, 1.82) is 0 Å². The van der Waals surface area contributed by atoms with Gasteiger partial charge in [0, 0.05) is 20.1 Å². The van der Waals surface area contributed by atoms with Crippen molar-refractivity contribution in [3.05, 3.63) is 11.9 Å². The SMILES string of the molecule is Cc1c(S(=O)(=O)NCCN)cnn1C. The first kappa shape index (κ1) is 11.2. The zero-order valence-corrected chi connectivity index (χ0v) is 9.00. The molecule has 1 aromatic rings. The van der Waals surface area contributed by atoms with Crippen molar-refractivity contribution in [2.75, 3.05) is 13.1 Å². The van der Waals surface area contributed by atoms with Gasteiger partial charge in [0.05, 0.1) is 11.9 Å². The van der Waals surface area contributed by atoms with Crippen LogP contribution >= 0.6 is 0 Å². The highest BCUT2D eigenvalue weighted by Crippen LogP contribution is 2.12. The van der Waals surface area contributed by atoms with E-state index in [4.69, 9.17) is 5.73 Å². The minimum absolute atomic E-state index is 0.202. The van der Waals surface area contributed by atoms with E-state index in [1.165, 1.54) is 10.9 Å². The Morgan fingerprint density at radius 2 is 2.29 bits per heavy atom. The predicted molar refractivity (Wildman–Crippen MR) is 52.2 cm³/mol. The Morgan fingerprint density at radius 3 is 2.71 bits per heavy atom. The second-order valence-electron chi connectivity index (χ2n) is 2.90. The first-order chi connectivity index (χ1) is 6.49. The van der Waals surface area contributed by atoms with E-state index in [9.17, 15) is 8.42 Å². The maximum Gasteiger partial charge on any atom is 0.244 e. The standard InChI is InChI=1S/C7H14N4O2S/c1-6-7(5-9-11(6)2)14(12,13)10-4-3-8/h5,10H,3-4,8H2,1-2H3. The third-order valence-corrected chi connectivity index (χ3v) is 3.48. The van der Waals surface area contributed by atoms with Crippen LogP contribution in [0.1, 0.15) is 5.69 Å². The van der Waals surface area contributed by atoms with Crippen molar-refractivity contribution in [1.82, 2.24) is 14.5 Å². The van der Waals surface area contributed by atoms with E-state index in [1.807, 2.05) is 0 Å². The van der Waals surface area contributed by atoms with Gasteiger partial charge in [-0.3, -0.25) is 4.68 Å². The van der Waals surface area contributed by atoms with Crippen LogP contribution in [0.5, 0.6) is 0 Å². The van der Waals surface area contributed by atoms with E-state index in [0.717, 1.165) is 0 Å². The van der Waals surface area contributed by atoms with E-state index < -0.39 is 10.0 Å². The summed E-state index contributed by atoms with van der Waals surface area (Å²) in [5.74, 6) is 0. The first-order valence-corrected chi connectivity index (χ1v) is 5.65. The molecule has 0 bridgehead atoms. The van der Waals surface area contributed by atoms with Gasteiger partial charge in [-0.05, 0) is 6.92 Å². The molecule has 0 fully saturated rings. The molecule has 0 radical (unpaired) electrons. The Kier molecular flexibility index (Phi) is 3.25. The van der Waals surface area contributed by atoms with Crippen LogP contribution in [0.2, 0.25) is 0 Å². The molecule has 1 aromatic heterocycles. The molecule has 14 heavy (non-hydrogen) atoms. The van der Waals surface area contributed by atoms with Gasteiger partial charge in [0.15, 0.2) is 0 Å². The Balaban J connectivity index is 2.99. The second-order valence-corrected chi connectivity index (χ2v) is 4.64. The summed E-state index contributed by atoms with van der Waals surface area (Å²) in [4.78, 5) is 0.202.